The van der Waals surface area contributed by atoms with Gasteiger partial charge in [-0.1, -0.05) is 0 Å². The SMILES string of the molecule is OC(C1CCN(CCCN2CCOCC2)CC1)C(F)(F)F. The third kappa shape index (κ3) is 5.39. The maximum absolute atomic E-state index is 12.5. The number of aliphatic hydroxyl groups is 1. The molecule has 1 unspecified atom stereocenters. The van der Waals surface area contributed by atoms with E-state index in [1.807, 2.05) is 0 Å². The van der Waals surface area contributed by atoms with E-state index in [1.165, 1.54) is 0 Å². The third-order valence-electron chi connectivity index (χ3n) is 4.47. The Labute approximate surface area is 123 Å². The van der Waals surface area contributed by atoms with Crippen molar-refractivity contribution in [1.82, 2.24) is 9.80 Å². The topological polar surface area (TPSA) is 35.9 Å². The molecule has 0 radical (unpaired) electrons. The van der Waals surface area contributed by atoms with Crippen LogP contribution in [0.15, 0.2) is 0 Å². The van der Waals surface area contributed by atoms with Crippen molar-refractivity contribution in [3.05, 3.63) is 0 Å². The van der Waals surface area contributed by atoms with Gasteiger partial charge in [0.25, 0.3) is 0 Å². The number of hydrogen-bond donors (Lipinski definition) is 1. The van der Waals surface area contributed by atoms with E-state index in [0.717, 1.165) is 45.8 Å². The lowest BCUT2D eigenvalue weighted by Gasteiger charge is -2.35. The van der Waals surface area contributed by atoms with Gasteiger partial charge in [-0.3, -0.25) is 4.90 Å². The molecule has 0 aromatic carbocycles. The zero-order valence-electron chi connectivity index (χ0n) is 12.3. The first-order valence-corrected chi connectivity index (χ1v) is 7.74. The second kappa shape index (κ2) is 7.76. The Morgan fingerprint density at radius 2 is 1.52 bits per heavy atom. The van der Waals surface area contributed by atoms with E-state index >= 15 is 0 Å². The highest BCUT2D eigenvalue weighted by atomic mass is 19.4. The Morgan fingerprint density at radius 3 is 2.05 bits per heavy atom. The van der Waals surface area contributed by atoms with Gasteiger partial charge in [0.2, 0.25) is 0 Å². The monoisotopic (exact) mass is 310 g/mol. The van der Waals surface area contributed by atoms with Gasteiger partial charge in [0.1, 0.15) is 0 Å². The van der Waals surface area contributed by atoms with Crippen LogP contribution in [0.25, 0.3) is 0 Å². The number of alkyl halides is 3. The van der Waals surface area contributed by atoms with Crippen LogP contribution in [-0.4, -0.2) is 79.7 Å². The summed E-state index contributed by atoms with van der Waals surface area (Å²) in [5, 5.41) is 9.28. The van der Waals surface area contributed by atoms with Gasteiger partial charge < -0.3 is 14.7 Å². The summed E-state index contributed by atoms with van der Waals surface area (Å²) >= 11 is 0. The molecule has 2 fully saturated rings. The maximum atomic E-state index is 12.5. The fourth-order valence-corrected chi connectivity index (χ4v) is 3.10. The van der Waals surface area contributed by atoms with Crippen molar-refractivity contribution in [2.24, 2.45) is 5.92 Å². The number of piperidine rings is 1. The summed E-state index contributed by atoms with van der Waals surface area (Å²) in [6.45, 7) is 6.78. The first-order chi connectivity index (χ1) is 9.97. The minimum absolute atomic E-state index is 0.429. The van der Waals surface area contributed by atoms with Crippen LogP contribution in [0.4, 0.5) is 13.2 Å². The quantitative estimate of drug-likeness (QED) is 0.831. The zero-order valence-corrected chi connectivity index (χ0v) is 12.3. The largest absolute Gasteiger partial charge is 0.414 e. The minimum Gasteiger partial charge on any atom is -0.383 e. The molecule has 1 atom stereocenters. The number of halogens is 3. The molecule has 0 aromatic rings. The molecule has 0 amide bonds. The number of likely N-dealkylation sites (tertiary alicyclic amines) is 1. The van der Waals surface area contributed by atoms with Crippen molar-refractivity contribution in [1.29, 1.82) is 0 Å². The minimum atomic E-state index is -4.48. The summed E-state index contributed by atoms with van der Waals surface area (Å²) in [5.74, 6) is -0.638. The van der Waals surface area contributed by atoms with Gasteiger partial charge in [0, 0.05) is 13.1 Å². The average molecular weight is 310 g/mol. The average Bonchev–Trinajstić information content (AvgIpc) is 2.47. The van der Waals surface area contributed by atoms with Crippen molar-refractivity contribution in [3.8, 4) is 0 Å². The smallest absolute Gasteiger partial charge is 0.383 e. The lowest BCUT2D eigenvalue weighted by atomic mass is 9.91. The summed E-state index contributed by atoms with van der Waals surface area (Å²) in [5.41, 5.74) is 0. The van der Waals surface area contributed by atoms with Gasteiger partial charge in [-0.05, 0) is 51.4 Å². The molecule has 2 aliphatic rings. The van der Waals surface area contributed by atoms with Crippen LogP contribution in [0.5, 0.6) is 0 Å². The Hall–Kier alpha value is -0.370. The molecule has 2 heterocycles. The molecule has 21 heavy (non-hydrogen) atoms. The highest BCUT2D eigenvalue weighted by molar-refractivity contribution is 4.81. The third-order valence-corrected chi connectivity index (χ3v) is 4.47. The second-order valence-electron chi connectivity index (χ2n) is 5.97. The Kier molecular flexibility index (Phi) is 6.28. The Bertz CT molecular complexity index is 301. The molecular formula is C14H25F3N2O2. The van der Waals surface area contributed by atoms with E-state index < -0.39 is 18.2 Å². The lowest BCUT2D eigenvalue weighted by molar-refractivity contribution is -0.223. The van der Waals surface area contributed by atoms with Gasteiger partial charge in [-0.25, -0.2) is 0 Å². The summed E-state index contributed by atoms with van der Waals surface area (Å²) in [6, 6.07) is 0. The molecule has 2 rings (SSSR count). The van der Waals surface area contributed by atoms with E-state index in [4.69, 9.17) is 4.74 Å². The summed E-state index contributed by atoms with van der Waals surface area (Å²) in [4.78, 5) is 4.57. The number of rotatable bonds is 5. The molecule has 1 N–H and O–H groups in total. The van der Waals surface area contributed by atoms with Gasteiger partial charge in [0.15, 0.2) is 6.10 Å². The Balaban J connectivity index is 1.60. The van der Waals surface area contributed by atoms with E-state index in [2.05, 4.69) is 9.80 Å². The molecule has 0 aliphatic carbocycles. The molecular weight excluding hydrogens is 285 g/mol. The van der Waals surface area contributed by atoms with E-state index in [1.54, 1.807) is 0 Å². The molecule has 124 valence electrons. The van der Waals surface area contributed by atoms with Gasteiger partial charge >= 0.3 is 6.18 Å². The predicted octanol–water partition coefficient (Wildman–Crippen LogP) is 1.34. The first kappa shape index (κ1) is 17.0. The fraction of sp³-hybridized carbons (Fsp3) is 1.00. The molecule has 0 aromatic heterocycles. The maximum Gasteiger partial charge on any atom is 0.414 e. The van der Waals surface area contributed by atoms with Crippen molar-refractivity contribution >= 4 is 0 Å². The van der Waals surface area contributed by atoms with Gasteiger partial charge in [0.05, 0.1) is 13.2 Å². The van der Waals surface area contributed by atoms with Crippen LogP contribution in [-0.2, 0) is 4.74 Å². The van der Waals surface area contributed by atoms with E-state index in [0.29, 0.717) is 25.9 Å². The van der Waals surface area contributed by atoms with Crippen molar-refractivity contribution in [3.63, 3.8) is 0 Å². The highest BCUT2D eigenvalue weighted by Gasteiger charge is 2.44. The van der Waals surface area contributed by atoms with Crippen LogP contribution in [0.1, 0.15) is 19.3 Å². The van der Waals surface area contributed by atoms with Crippen molar-refractivity contribution in [2.45, 2.75) is 31.5 Å². The highest BCUT2D eigenvalue weighted by Crippen LogP contribution is 2.31. The summed E-state index contributed by atoms with van der Waals surface area (Å²) in [7, 11) is 0. The second-order valence-corrected chi connectivity index (χ2v) is 5.97. The van der Waals surface area contributed by atoms with Crippen molar-refractivity contribution < 1.29 is 23.0 Å². The van der Waals surface area contributed by atoms with Gasteiger partial charge in [-0.15, -0.1) is 0 Å². The molecule has 4 nitrogen and oxygen atoms in total. The van der Waals surface area contributed by atoms with Crippen LogP contribution in [0.2, 0.25) is 0 Å². The fourth-order valence-electron chi connectivity index (χ4n) is 3.10. The molecule has 0 bridgehead atoms. The normalized spacial score (nSPS) is 25.1. The van der Waals surface area contributed by atoms with Crippen LogP contribution >= 0.6 is 0 Å². The number of ether oxygens (including phenoxy) is 1. The zero-order chi connectivity index (χ0) is 15.3. The predicted molar refractivity (Wildman–Crippen MR) is 73.1 cm³/mol. The molecule has 2 aliphatic heterocycles. The summed E-state index contributed by atoms with van der Waals surface area (Å²) < 4.78 is 42.7. The lowest BCUT2D eigenvalue weighted by Crippen LogP contribution is -2.44. The number of aliphatic hydroxyl groups excluding tert-OH is 1. The number of morpholine rings is 1. The summed E-state index contributed by atoms with van der Waals surface area (Å²) in [6.07, 6.45) is -4.75. The number of nitrogens with zero attached hydrogens (tertiary/aromatic N) is 2. The Morgan fingerprint density at radius 1 is 1.00 bits per heavy atom. The number of hydrogen-bond acceptors (Lipinski definition) is 4. The van der Waals surface area contributed by atoms with E-state index in [-0.39, 0.29) is 0 Å². The molecule has 2 saturated heterocycles. The van der Waals surface area contributed by atoms with Crippen LogP contribution in [0.3, 0.4) is 0 Å². The van der Waals surface area contributed by atoms with Crippen LogP contribution in [0, 0.1) is 5.92 Å². The molecule has 0 spiro atoms. The molecule has 0 saturated carbocycles. The molecule has 7 heteroatoms. The first-order valence-electron chi connectivity index (χ1n) is 7.74. The van der Waals surface area contributed by atoms with Crippen LogP contribution < -0.4 is 0 Å². The van der Waals surface area contributed by atoms with Gasteiger partial charge in [-0.2, -0.15) is 13.2 Å². The van der Waals surface area contributed by atoms with E-state index in [9.17, 15) is 18.3 Å². The van der Waals surface area contributed by atoms with Crippen molar-refractivity contribution in [2.75, 3.05) is 52.5 Å². The standard InChI is InChI=1S/C14H25F3N2O2/c15-14(16,17)13(20)12-2-6-18(7-3-12)4-1-5-19-8-10-21-11-9-19/h12-13,20H,1-11H2.